The summed E-state index contributed by atoms with van der Waals surface area (Å²) < 4.78 is 41.2. The average Bonchev–Trinajstić information content (AvgIpc) is 3.49. The minimum atomic E-state index is -3.42. The Hall–Kier alpha value is -4.32. The molecule has 0 saturated heterocycles. The maximum atomic E-state index is 13.4. The van der Waals surface area contributed by atoms with E-state index in [0.717, 1.165) is 28.5 Å². The Morgan fingerprint density at radius 1 is 1.02 bits per heavy atom. The molecule has 11 heteroatoms. The molecule has 0 saturated carbocycles. The van der Waals surface area contributed by atoms with E-state index in [1.54, 1.807) is 18.3 Å². The van der Waals surface area contributed by atoms with Gasteiger partial charge < -0.3 is 24.3 Å². The molecule has 10 nitrogen and oxygen atoms in total. The largest absolute Gasteiger partial charge is 0.480 e. The van der Waals surface area contributed by atoms with Gasteiger partial charge in [-0.25, -0.2) is 18.2 Å². The molecule has 0 aliphatic carbocycles. The molecule has 1 aromatic heterocycles. The van der Waals surface area contributed by atoms with Crippen molar-refractivity contribution >= 4 is 21.7 Å². The first-order valence-corrected chi connectivity index (χ1v) is 16.2. The molecular weight excluding hydrogens is 584 g/mol. The van der Waals surface area contributed by atoms with E-state index in [9.17, 15) is 23.1 Å². The number of amides is 1. The van der Waals surface area contributed by atoms with Crippen molar-refractivity contribution in [2.24, 2.45) is 0 Å². The third-order valence-electron chi connectivity index (χ3n) is 6.93. The van der Waals surface area contributed by atoms with Crippen LogP contribution in [0.1, 0.15) is 46.7 Å². The Balaban J connectivity index is 1.59. The molecule has 3 aromatic carbocycles. The average molecular weight is 621 g/mol. The second-order valence-electron chi connectivity index (χ2n) is 10.4. The Kier molecular flexibility index (Phi) is 11.0. The van der Waals surface area contributed by atoms with E-state index in [-0.39, 0.29) is 31.0 Å². The first-order chi connectivity index (χ1) is 21.1. The molecule has 0 aliphatic heterocycles. The molecule has 2 atom stereocenters. The number of carboxylic acid groups (broad SMARTS) is 1. The molecule has 2 N–H and O–H groups in total. The number of carbonyl (C=O) groups excluding carboxylic acids is 1. The number of nitrogens with zero attached hydrogens (tertiary/aromatic N) is 1. The molecule has 0 bridgehead atoms. The summed E-state index contributed by atoms with van der Waals surface area (Å²) in [6.45, 7) is 4.70. The van der Waals surface area contributed by atoms with E-state index in [1.165, 1.54) is 0 Å². The highest BCUT2D eigenvalue weighted by Crippen LogP contribution is 2.30. The highest BCUT2D eigenvalue weighted by Gasteiger charge is 2.25. The van der Waals surface area contributed by atoms with Gasteiger partial charge in [-0.2, -0.15) is 0 Å². The summed E-state index contributed by atoms with van der Waals surface area (Å²) >= 11 is 0. The number of aryl methyl sites for hydroxylation is 1. The van der Waals surface area contributed by atoms with Crippen LogP contribution in [0.25, 0.3) is 22.6 Å². The van der Waals surface area contributed by atoms with Crippen LogP contribution in [0.2, 0.25) is 0 Å². The zero-order valence-electron chi connectivity index (χ0n) is 24.9. The highest BCUT2D eigenvalue weighted by molar-refractivity contribution is 7.90. The number of rotatable bonds is 15. The van der Waals surface area contributed by atoms with Crippen LogP contribution >= 0.6 is 0 Å². The predicted octanol–water partition coefficient (Wildman–Crippen LogP) is 5.23. The van der Waals surface area contributed by atoms with Crippen molar-refractivity contribution in [2.75, 3.05) is 25.2 Å². The number of hydrogen-bond acceptors (Lipinski definition) is 8. The number of nitrogens with one attached hydrogen (secondary N) is 1. The van der Waals surface area contributed by atoms with Crippen LogP contribution in [-0.2, 0) is 30.7 Å². The molecule has 1 heterocycles. The number of carboxylic acids is 1. The number of aromatic nitrogens is 1. The normalized spacial score (nSPS) is 12.9. The number of sulfone groups is 1. The number of carbonyl (C=O) groups is 2. The number of benzene rings is 3. The van der Waals surface area contributed by atoms with Gasteiger partial charge in [-0.05, 0) is 66.8 Å². The first kappa shape index (κ1) is 32.6. The molecule has 0 unspecified atom stereocenters. The van der Waals surface area contributed by atoms with Gasteiger partial charge >= 0.3 is 5.97 Å². The third-order valence-corrected chi connectivity index (χ3v) is 7.91. The first-order valence-electron chi connectivity index (χ1n) is 14.2. The van der Waals surface area contributed by atoms with E-state index < -0.39 is 33.9 Å². The predicted molar refractivity (Wildman–Crippen MR) is 166 cm³/mol. The van der Waals surface area contributed by atoms with Crippen molar-refractivity contribution in [3.8, 4) is 22.6 Å². The van der Waals surface area contributed by atoms with E-state index in [1.807, 2.05) is 74.5 Å². The molecule has 1 amide bonds. The van der Waals surface area contributed by atoms with Crippen molar-refractivity contribution in [2.45, 2.75) is 39.0 Å². The third kappa shape index (κ3) is 8.85. The molecule has 0 spiro atoms. The van der Waals surface area contributed by atoms with E-state index in [0.29, 0.717) is 23.8 Å². The van der Waals surface area contributed by atoms with Crippen LogP contribution in [0.5, 0.6) is 0 Å². The van der Waals surface area contributed by atoms with Gasteiger partial charge in [0.1, 0.15) is 22.0 Å². The lowest BCUT2D eigenvalue weighted by Crippen LogP contribution is -2.42. The van der Waals surface area contributed by atoms with E-state index in [4.69, 9.17) is 13.9 Å². The zero-order chi connectivity index (χ0) is 31.7. The van der Waals surface area contributed by atoms with Gasteiger partial charge in [0.2, 0.25) is 5.89 Å². The number of aliphatic carboxylic acids is 1. The molecule has 4 aromatic rings. The Labute approximate surface area is 257 Å². The lowest BCUT2D eigenvalue weighted by molar-refractivity contribution is -0.139. The van der Waals surface area contributed by atoms with Gasteiger partial charge in [0.15, 0.2) is 5.76 Å². The lowest BCUT2D eigenvalue weighted by Gasteiger charge is -2.19. The van der Waals surface area contributed by atoms with Gasteiger partial charge in [0, 0.05) is 24.0 Å². The molecule has 0 radical (unpaired) electrons. The zero-order valence-corrected chi connectivity index (χ0v) is 25.7. The summed E-state index contributed by atoms with van der Waals surface area (Å²) in [4.78, 5) is 29.6. The number of hydrogen-bond donors (Lipinski definition) is 2. The highest BCUT2D eigenvalue weighted by atomic mass is 32.2. The maximum Gasteiger partial charge on any atom is 0.326 e. The lowest BCUT2D eigenvalue weighted by atomic mass is 9.93. The molecular formula is C33H36N2O8S. The van der Waals surface area contributed by atoms with Crippen LogP contribution in [0, 0.1) is 6.92 Å². The van der Waals surface area contributed by atoms with Gasteiger partial charge in [-0.3, -0.25) is 4.79 Å². The Bertz CT molecular complexity index is 1680. The van der Waals surface area contributed by atoms with Gasteiger partial charge in [0.05, 0.1) is 25.2 Å². The van der Waals surface area contributed by atoms with Gasteiger partial charge in [-0.15, -0.1) is 0 Å². The fourth-order valence-electron chi connectivity index (χ4n) is 4.59. The number of ether oxygens (including phenoxy) is 2. The van der Waals surface area contributed by atoms with Crippen LogP contribution in [-0.4, -0.2) is 61.6 Å². The quantitative estimate of drug-likeness (QED) is 0.182. The second-order valence-corrected chi connectivity index (χ2v) is 12.6. The summed E-state index contributed by atoms with van der Waals surface area (Å²) in [5.41, 5.74) is 4.14. The topological polar surface area (TPSA) is 145 Å². The van der Waals surface area contributed by atoms with Crippen LogP contribution in [0.3, 0.4) is 0 Å². The molecule has 0 fully saturated rings. The Morgan fingerprint density at radius 2 is 1.75 bits per heavy atom. The maximum absolute atomic E-state index is 13.4. The van der Waals surface area contributed by atoms with Crippen LogP contribution in [0.15, 0.2) is 83.4 Å². The fourth-order valence-corrected chi connectivity index (χ4v) is 5.25. The van der Waals surface area contributed by atoms with Crippen molar-refractivity contribution < 1.29 is 37.0 Å². The molecule has 0 aliphatic rings. The fraction of sp³-hybridized carbons (Fsp3) is 0.303. The smallest absolute Gasteiger partial charge is 0.326 e. The standard InChI is InChI=1S/C33H36N2O8S/c1-4-41-21-30(29-19-34-32(43-29)24-11-6-5-7-12-24)42-20-23-14-15-26(27(18-23)25-13-9-8-10-22(25)2)31(36)35-28(33(37)38)16-17-44(3,39)40/h5-15,18-19,28,30H,4,16-17,20-21H2,1-3H3,(H,35,36)(H,37,38)/t28-,30-/m0/s1. The SMILES string of the molecule is CCOC[C@H](OCc1ccc(C(=O)N[C@@H](CCS(C)(=O)=O)C(=O)O)c(-c2ccccc2C)c1)c1cnc(-c2ccccc2)o1. The van der Waals surface area contributed by atoms with Crippen molar-refractivity contribution in [3.05, 3.63) is 101 Å². The second kappa shape index (κ2) is 14.9. The summed E-state index contributed by atoms with van der Waals surface area (Å²) in [5, 5.41) is 12.1. The number of oxazole rings is 1. The molecule has 44 heavy (non-hydrogen) atoms. The van der Waals surface area contributed by atoms with Crippen molar-refractivity contribution in [1.82, 2.24) is 10.3 Å². The van der Waals surface area contributed by atoms with E-state index in [2.05, 4.69) is 10.3 Å². The van der Waals surface area contributed by atoms with Crippen molar-refractivity contribution in [3.63, 3.8) is 0 Å². The monoisotopic (exact) mass is 620 g/mol. The molecule has 4 rings (SSSR count). The van der Waals surface area contributed by atoms with Crippen molar-refractivity contribution in [1.29, 1.82) is 0 Å². The van der Waals surface area contributed by atoms with Crippen LogP contribution < -0.4 is 5.32 Å². The summed E-state index contributed by atoms with van der Waals surface area (Å²) in [5.74, 6) is -1.32. The minimum Gasteiger partial charge on any atom is -0.480 e. The minimum absolute atomic E-state index is 0.159. The van der Waals surface area contributed by atoms with Gasteiger partial charge in [-0.1, -0.05) is 48.5 Å². The summed E-state index contributed by atoms with van der Waals surface area (Å²) in [6.07, 6.45) is 1.85. The van der Waals surface area contributed by atoms with Crippen LogP contribution in [0.4, 0.5) is 0 Å². The van der Waals surface area contributed by atoms with Gasteiger partial charge in [0.25, 0.3) is 5.91 Å². The summed E-state index contributed by atoms with van der Waals surface area (Å²) in [6, 6.07) is 20.9. The van der Waals surface area contributed by atoms with E-state index >= 15 is 0 Å². The Morgan fingerprint density at radius 3 is 2.43 bits per heavy atom. The molecule has 232 valence electrons. The summed E-state index contributed by atoms with van der Waals surface area (Å²) in [7, 11) is -3.42.